The predicted molar refractivity (Wildman–Crippen MR) is 102 cm³/mol. The Bertz CT molecular complexity index is 690. The second-order valence-corrected chi connectivity index (χ2v) is 7.10. The Morgan fingerprint density at radius 1 is 1.00 bits per heavy atom. The lowest BCUT2D eigenvalue weighted by Crippen LogP contribution is -2.32. The maximum absolute atomic E-state index is 12.0. The fourth-order valence-electron chi connectivity index (χ4n) is 2.95. The van der Waals surface area contributed by atoms with Crippen LogP contribution in [0.15, 0.2) is 41.8 Å². The summed E-state index contributed by atoms with van der Waals surface area (Å²) in [5, 5.41) is 7.28. The maximum atomic E-state index is 12.0. The van der Waals surface area contributed by atoms with Crippen LogP contribution >= 0.6 is 11.3 Å². The van der Waals surface area contributed by atoms with Crippen LogP contribution in [0.2, 0.25) is 0 Å². The first kappa shape index (κ1) is 17.5. The molecule has 0 atom stereocenters. The van der Waals surface area contributed by atoms with E-state index >= 15 is 0 Å². The summed E-state index contributed by atoms with van der Waals surface area (Å²) in [5.74, 6) is -0.450. The van der Waals surface area contributed by atoms with Gasteiger partial charge in [0.15, 0.2) is 0 Å². The molecule has 5 nitrogen and oxygen atoms in total. The van der Waals surface area contributed by atoms with E-state index in [1.807, 2.05) is 35.7 Å². The number of benzene rings is 1. The lowest BCUT2D eigenvalue weighted by molar-refractivity contribution is -0.115. The number of rotatable bonds is 5. The highest BCUT2D eigenvalue weighted by Gasteiger charge is 2.11. The van der Waals surface area contributed by atoms with Crippen molar-refractivity contribution in [1.29, 1.82) is 0 Å². The van der Waals surface area contributed by atoms with Gasteiger partial charge in [0.1, 0.15) is 0 Å². The van der Waals surface area contributed by atoms with Gasteiger partial charge in [-0.25, -0.2) is 0 Å². The van der Waals surface area contributed by atoms with Crippen molar-refractivity contribution in [2.75, 3.05) is 29.9 Å². The average Bonchev–Trinajstić information content (AvgIpc) is 3.03. The smallest absolute Gasteiger partial charge is 0.261 e. The fraction of sp³-hybridized carbons (Fsp3) is 0.368. The van der Waals surface area contributed by atoms with Gasteiger partial charge >= 0.3 is 0 Å². The molecule has 1 saturated heterocycles. The third-order valence-corrected chi connectivity index (χ3v) is 5.15. The highest BCUT2D eigenvalue weighted by atomic mass is 32.1. The van der Waals surface area contributed by atoms with Crippen molar-refractivity contribution >= 4 is 34.5 Å². The number of carbonyl (C=O) groups is 2. The standard InChI is InChI=1S/C19H23N3O2S/c23-18(14-20-19(24)17-6-5-13-25-17)21-15-7-9-16(10-8-15)22-11-3-1-2-4-12-22/h5-10,13H,1-4,11-12,14H2,(H,20,24)(H,21,23). The Kier molecular flexibility index (Phi) is 6.06. The first-order valence-corrected chi connectivity index (χ1v) is 9.57. The first-order valence-electron chi connectivity index (χ1n) is 8.69. The van der Waals surface area contributed by atoms with Crippen molar-refractivity contribution in [3.63, 3.8) is 0 Å². The first-order chi connectivity index (χ1) is 12.2. The van der Waals surface area contributed by atoms with Gasteiger partial charge in [0.05, 0.1) is 11.4 Å². The van der Waals surface area contributed by atoms with Gasteiger partial charge in [-0.15, -0.1) is 11.3 Å². The van der Waals surface area contributed by atoms with Crippen LogP contribution in [0.25, 0.3) is 0 Å². The van der Waals surface area contributed by atoms with E-state index in [-0.39, 0.29) is 18.4 Å². The van der Waals surface area contributed by atoms with Crippen LogP contribution in [-0.4, -0.2) is 31.4 Å². The molecular weight excluding hydrogens is 334 g/mol. The molecule has 1 aliphatic heterocycles. The number of amides is 2. The van der Waals surface area contributed by atoms with E-state index < -0.39 is 0 Å². The molecule has 0 radical (unpaired) electrons. The molecule has 2 aromatic rings. The van der Waals surface area contributed by atoms with E-state index in [4.69, 9.17) is 0 Å². The van der Waals surface area contributed by atoms with Crippen LogP contribution in [0.5, 0.6) is 0 Å². The Balaban J connectivity index is 1.49. The quantitative estimate of drug-likeness (QED) is 0.861. The molecule has 0 bridgehead atoms. The second kappa shape index (κ2) is 8.67. The third-order valence-electron chi connectivity index (χ3n) is 4.28. The zero-order chi connectivity index (χ0) is 17.5. The Labute approximate surface area is 152 Å². The second-order valence-electron chi connectivity index (χ2n) is 6.16. The summed E-state index contributed by atoms with van der Waals surface area (Å²) in [4.78, 5) is 26.8. The summed E-state index contributed by atoms with van der Waals surface area (Å²) < 4.78 is 0. The molecule has 1 aliphatic rings. The Morgan fingerprint density at radius 3 is 2.36 bits per heavy atom. The number of carbonyl (C=O) groups excluding carboxylic acids is 2. The lowest BCUT2D eigenvalue weighted by atomic mass is 10.2. The Hall–Kier alpha value is -2.34. The molecule has 0 aliphatic carbocycles. The summed E-state index contributed by atoms with van der Waals surface area (Å²) >= 11 is 1.35. The van der Waals surface area contributed by atoms with Crippen molar-refractivity contribution in [3.8, 4) is 0 Å². The van der Waals surface area contributed by atoms with Gasteiger partial charge in [-0.3, -0.25) is 9.59 Å². The molecule has 1 aromatic heterocycles. The monoisotopic (exact) mass is 357 g/mol. The third kappa shape index (κ3) is 5.06. The van der Waals surface area contributed by atoms with E-state index in [9.17, 15) is 9.59 Å². The normalized spacial score (nSPS) is 14.6. The molecule has 6 heteroatoms. The number of hydrogen-bond acceptors (Lipinski definition) is 4. The van der Waals surface area contributed by atoms with Gasteiger partial charge in [0.25, 0.3) is 5.91 Å². The summed E-state index contributed by atoms with van der Waals surface area (Å²) in [6, 6.07) is 11.5. The van der Waals surface area contributed by atoms with Crippen LogP contribution in [0, 0.1) is 0 Å². The molecule has 1 aromatic carbocycles. The summed E-state index contributed by atoms with van der Waals surface area (Å²) in [5.41, 5.74) is 1.94. The van der Waals surface area contributed by atoms with Crippen molar-refractivity contribution in [1.82, 2.24) is 5.32 Å². The number of anilines is 2. The largest absolute Gasteiger partial charge is 0.372 e. The Morgan fingerprint density at radius 2 is 1.72 bits per heavy atom. The minimum absolute atomic E-state index is 0.0371. The predicted octanol–water partition coefficient (Wildman–Crippen LogP) is 3.50. The van der Waals surface area contributed by atoms with Gasteiger partial charge < -0.3 is 15.5 Å². The van der Waals surface area contributed by atoms with Crippen molar-refractivity contribution < 1.29 is 9.59 Å². The van der Waals surface area contributed by atoms with Gasteiger partial charge in [-0.05, 0) is 48.6 Å². The lowest BCUT2D eigenvalue weighted by Gasteiger charge is -2.22. The van der Waals surface area contributed by atoms with Gasteiger partial charge in [-0.2, -0.15) is 0 Å². The zero-order valence-electron chi connectivity index (χ0n) is 14.2. The average molecular weight is 357 g/mol. The molecule has 2 amide bonds. The number of nitrogens with one attached hydrogen (secondary N) is 2. The minimum atomic E-state index is -0.229. The summed E-state index contributed by atoms with van der Waals surface area (Å²) in [6.45, 7) is 2.16. The molecule has 0 saturated carbocycles. The molecule has 2 heterocycles. The van der Waals surface area contributed by atoms with Crippen LogP contribution in [0.1, 0.15) is 35.4 Å². The van der Waals surface area contributed by atoms with Gasteiger partial charge in [0, 0.05) is 24.5 Å². The SMILES string of the molecule is O=C(CNC(=O)c1cccs1)Nc1ccc(N2CCCCCC2)cc1. The van der Waals surface area contributed by atoms with Crippen LogP contribution < -0.4 is 15.5 Å². The number of hydrogen-bond donors (Lipinski definition) is 2. The number of thiophene rings is 1. The topological polar surface area (TPSA) is 61.4 Å². The van der Waals surface area contributed by atoms with E-state index in [2.05, 4.69) is 15.5 Å². The van der Waals surface area contributed by atoms with E-state index in [1.165, 1.54) is 42.7 Å². The van der Waals surface area contributed by atoms with Crippen LogP contribution in [0.4, 0.5) is 11.4 Å². The zero-order valence-corrected chi connectivity index (χ0v) is 15.0. The number of nitrogens with zero attached hydrogens (tertiary/aromatic N) is 1. The van der Waals surface area contributed by atoms with Crippen LogP contribution in [0.3, 0.4) is 0 Å². The van der Waals surface area contributed by atoms with E-state index in [1.54, 1.807) is 6.07 Å². The molecule has 132 valence electrons. The molecule has 25 heavy (non-hydrogen) atoms. The molecule has 2 N–H and O–H groups in total. The molecule has 0 spiro atoms. The van der Waals surface area contributed by atoms with Crippen molar-refractivity contribution in [2.45, 2.75) is 25.7 Å². The molecule has 1 fully saturated rings. The molecule has 3 rings (SSSR count). The highest BCUT2D eigenvalue weighted by molar-refractivity contribution is 7.12. The van der Waals surface area contributed by atoms with Gasteiger partial charge in [0.2, 0.25) is 5.91 Å². The van der Waals surface area contributed by atoms with Crippen LogP contribution in [-0.2, 0) is 4.79 Å². The van der Waals surface area contributed by atoms with Gasteiger partial charge in [-0.1, -0.05) is 18.9 Å². The highest BCUT2D eigenvalue weighted by Crippen LogP contribution is 2.21. The molecular formula is C19H23N3O2S. The van der Waals surface area contributed by atoms with Crippen molar-refractivity contribution in [3.05, 3.63) is 46.7 Å². The minimum Gasteiger partial charge on any atom is -0.372 e. The fourth-order valence-corrected chi connectivity index (χ4v) is 3.59. The maximum Gasteiger partial charge on any atom is 0.261 e. The van der Waals surface area contributed by atoms with E-state index in [0.29, 0.717) is 4.88 Å². The molecule has 0 unspecified atom stereocenters. The summed E-state index contributed by atoms with van der Waals surface area (Å²) in [6.07, 6.45) is 5.09. The van der Waals surface area contributed by atoms with Crippen molar-refractivity contribution in [2.24, 2.45) is 0 Å². The summed E-state index contributed by atoms with van der Waals surface area (Å²) in [7, 11) is 0. The van der Waals surface area contributed by atoms with E-state index in [0.717, 1.165) is 18.8 Å².